The average Bonchev–Trinajstić information content (AvgIpc) is 3.07. The van der Waals surface area contributed by atoms with E-state index in [4.69, 9.17) is 0 Å². The smallest absolute Gasteiger partial charge is 0.151 e. The van der Waals surface area contributed by atoms with Gasteiger partial charge in [0.25, 0.3) is 0 Å². The third kappa shape index (κ3) is 3.67. The molecule has 0 unspecified atom stereocenters. The number of aliphatic hydroxyl groups excluding tert-OH is 1. The predicted molar refractivity (Wildman–Crippen MR) is 105 cm³/mol. The van der Waals surface area contributed by atoms with E-state index in [1.165, 1.54) is 6.07 Å². The second-order valence-electron chi connectivity index (χ2n) is 6.63. The highest BCUT2D eigenvalue weighted by Crippen LogP contribution is 2.26. The van der Waals surface area contributed by atoms with Crippen molar-refractivity contribution in [1.29, 1.82) is 0 Å². The largest absolute Gasteiger partial charge is 0.391 e. The Bertz CT molecular complexity index is 1140. The molecule has 0 amide bonds. The molecule has 0 fully saturated rings. The van der Waals surface area contributed by atoms with Gasteiger partial charge in [0.1, 0.15) is 16.7 Å². The number of aliphatic hydroxyl groups is 1. The van der Waals surface area contributed by atoms with Crippen molar-refractivity contribution < 1.29 is 9.50 Å². The maximum atomic E-state index is 14.2. The van der Waals surface area contributed by atoms with Gasteiger partial charge in [0.15, 0.2) is 5.82 Å². The summed E-state index contributed by atoms with van der Waals surface area (Å²) in [4.78, 5) is 12.8. The lowest BCUT2D eigenvalue weighted by Gasteiger charge is -2.09. The molecule has 0 aromatic carbocycles. The van der Waals surface area contributed by atoms with Crippen molar-refractivity contribution in [1.82, 2.24) is 24.7 Å². The van der Waals surface area contributed by atoms with Crippen LogP contribution >= 0.6 is 0 Å². The summed E-state index contributed by atoms with van der Waals surface area (Å²) in [5, 5.41) is 17.4. The Labute approximate surface area is 160 Å². The summed E-state index contributed by atoms with van der Waals surface area (Å²) in [7, 11) is 0. The number of rotatable bonds is 5. The van der Waals surface area contributed by atoms with E-state index < -0.39 is 11.9 Å². The predicted octanol–water partition coefficient (Wildman–Crippen LogP) is 3.46. The molecule has 0 aliphatic rings. The summed E-state index contributed by atoms with van der Waals surface area (Å²) in [6, 6.07) is 8.35. The van der Waals surface area contributed by atoms with Crippen molar-refractivity contribution in [3.05, 3.63) is 60.4 Å². The van der Waals surface area contributed by atoms with Gasteiger partial charge in [0.2, 0.25) is 0 Å². The van der Waals surface area contributed by atoms with E-state index in [1.54, 1.807) is 48.4 Å². The van der Waals surface area contributed by atoms with Crippen LogP contribution in [0, 0.1) is 12.7 Å². The maximum absolute atomic E-state index is 14.2. The molecule has 142 valence electrons. The van der Waals surface area contributed by atoms with Gasteiger partial charge in [-0.2, -0.15) is 5.10 Å². The molecule has 0 aliphatic carbocycles. The van der Waals surface area contributed by atoms with E-state index in [1.807, 2.05) is 13.0 Å². The van der Waals surface area contributed by atoms with Crippen LogP contribution in [0.15, 0.2) is 48.9 Å². The molecule has 4 aromatic heterocycles. The lowest BCUT2D eigenvalue weighted by atomic mass is 10.2. The minimum Gasteiger partial charge on any atom is -0.391 e. The number of nitrogens with one attached hydrogen (secondary N) is 1. The molecule has 0 aliphatic heterocycles. The third-order valence-electron chi connectivity index (χ3n) is 4.17. The Balaban J connectivity index is 1.68. The summed E-state index contributed by atoms with van der Waals surface area (Å²) in [6.45, 7) is 3.89. The van der Waals surface area contributed by atoms with Crippen molar-refractivity contribution in [2.45, 2.75) is 26.5 Å². The Morgan fingerprint density at radius 3 is 2.82 bits per heavy atom. The molecule has 28 heavy (non-hydrogen) atoms. The Kier molecular flexibility index (Phi) is 4.70. The zero-order valence-electron chi connectivity index (χ0n) is 15.5. The normalized spacial score (nSPS) is 12.3. The average molecular weight is 378 g/mol. The molecule has 0 bridgehead atoms. The molecule has 7 nitrogen and oxygen atoms in total. The summed E-state index contributed by atoms with van der Waals surface area (Å²) in [5.74, 6) is -0.418. The van der Waals surface area contributed by atoms with E-state index >= 15 is 0 Å². The number of hydrogen-bond acceptors (Lipinski definition) is 6. The highest BCUT2D eigenvalue weighted by atomic mass is 19.1. The minimum atomic E-state index is -0.509. The fourth-order valence-electron chi connectivity index (χ4n) is 2.95. The van der Waals surface area contributed by atoms with Crippen LogP contribution in [0.1, 0.15) is 12.6 Å². The van der Waals surface area contributed by atoms with Crippen molar-refractivity contribution in [3.8, 4) is 11.4 Å². The summed E-state index contributed by atoms with van der Waals surface area (Å²) in [6.07, 6.45) is 4.57. The highest BCUT2D eigenvalue weighted by Gasteiger charge is 2.12. The molecule has 1 atom stereocenters. The van der Waals surface area contributed by atoms with Gasteiger partial charge >= 0.3 is 0 Å². The van der Waals surface area contributed by atoms with Crippen molar-refractivity contribution >= 4 is 22.4 Å². The van der Waals surface area contributed by atoms with Gasteiger partial charge < -0.3 is 10.4 Å². The van der Waals surface area contributed by atoms with Crippen LogP contribution in [-0.2, 0) is 6.54 Å². The second kappa shape index (κ2) is 7.32. The molecule has 2 N–H and O–H groups in total. The first-order valence-electron chi connectivity index (χ1n) is 8.86. The van der Waals surface area contributed by atoms with Crippen LogP contribution in [0.2, 0.25) is 0 Å². The first-order valence-corrected chi connectivity index (χ1v) is 8.86. The van der Waals surface area contributed by atoms with Crippen LogP contribution in [0.4, 0.5) is 15.8 Å². The van der Waals surface area contributed by atoms with Crippen LogP contribution in [-0.4, -0.2) is 35.9 Å². The number of halogens is 1. The highest BCUT2D eigenvalue weighted by molar-refractivity contribution is 5.89. The summed E-state index contributed by atoms with van der Waals surface area (Å²) in [5.41, 5.74) is 4.25. The topological polar surface area (TPSA) is 88.8 Å². The molecule has 0 saturated heterocycles. The molecule has 0 spiro atoms. The Morgan fingerprint density at radius 1 is 1.18 bits per heavy atom. The molecule has 0 radical (unpaired) electrons. The first-order chi connectivity index (χ1) is 13.5. The van der Waals surface area contributed by atoms with Gasteiger partial charge in [0.05, 0.1) is 30.2 Å². The number of aromatic nitrogens is 5. The molecular formula is C20H19FN6O. The Morgan fingerprint density at radius 2 is 2.00 bits per heavy atom. The SMILES string of the molecule is Cc1ccc(F)c(-c2cc(Nc3ccnc4cn(C[C@@H](C)O)nc34)ccn2)n1. The number of pyridine rings is 3. The van der Waals surface area contributed by atoms with Crippen LogP contribution in [0.5, 0.6) is 0 Å². The van der Waals surface area contributed by atoms with E-state index in [0.29, 0.717) is 23.3 Å². The lowest BCUT2D eigenvalue weighted by molar-refractivity contribution is 0.169. The van der Waals surface area contributed by atoms with Gasteiger partial charge in [-0.1, -0.05) is 0 Å². The monoisotopic (exact) mass is 378 g/mol. The van der Waals surface area contributed by atoms with Crippen LogP contribution in [0.3, 0.4) is 0 Å². The summed E-state index contributed by atoms with van der Waals surface area (Å²) >= 11 is 0. The van der Waals surface area contributed by atoms with Gasteiger partial charge in [-0.05, 0) is 44.2 Å². The number of aryl methyl sites for hydroxylation is 1. The number of fused-ring (bicyclic) bond motifs is 1. The van der Waals surface area contributed by atoms with E-state index in [9.17, 15) is 9.50 Å². The molecule has 0 saturated carbocycles. The van der Waals surface area contributed by atoms with Gasteiger partial charge in [-0.15, -0.1) is 0 Å². The van der Waals surface area contributed by atoms with Crippen LogP contribution in [0.25, 0.3) is 22.4 Å². The van der Waals surface area contributed by atoms with Gasteiger partial charge in [0, 0.05) is 23.8 Å². The standard InChI is InChI=1S/C20H19FN6O/c1-12-3-4-15(21)19(24-12)17-9-14(5-7-22-17)25-16-6-8-23-18-11-27(10-13(2)28)26-20(16)18/h3-9,11,13,28H,10H2,1-2H3,(H,22,25)/t13-/m1/s1. The van der Waals surface area contributed by atoms with E-state index in [0.717, 1.165) is 17.1 Å². The number of hydrogen-bond donors (Lipinski definition) is 2. The zero-order chi connectivity index (χ0) is 19.7. The molecule has 4 aromatic rings. The third-order valence-corrected chi connectivity index (χ3v) is 4.17. The van der Waals surface area contributed by atoms with Gasteiger partial charge in [-0.3, -0.25) is 14.6 Å². The molecule has 8 heteroatoms. The maximum Gasteiger partial charge on any atom is 0.151 e. The Hall–Kier alpha value is -3.39. The van der Waals surface area contributed by atoms with E-state index in [2.05, 4.69) is 25.4 Å². The zero-order valence-corrected chi connectivity index (χ0v) is 15.5. The van der Waals surface area contributed by atoms with Crippen molar-refractivity contribution in [2.75, 3.05) is 5.32 Å². The fraction of sp³-hybridized carbons (Fsp3) is 0.200. The minimum absolute atomic E-state index is 0.213. The quantitative estimate of drug-likeness (QED) is 0.553. The molecule has 4 heterocycles. The lowest BCUT2D eigenvalue weighted by Crippen LogP contribution is -2.11. The van der Waals surface area contributed by atoms with Crippen LogP contribution < -0.4 is 5.32 Å². The van der Waals surface area contributed by atoms with Crippen molar-refractivity contribution in [3.63, 3.8) is 0 Å². The molecular weight excluding hydrogens is 359 g/mol. The fourth-order valence-corrected chi connectivity index (χ4v) is 2.95. The number of nitrogens with zero attached hydrogens (tertiary/aromatic N) is 5. The molecule has 4 rings (SSSR count). The first kappa shape index (κ1) is 18.0. The summed E-state index contributed by atoms with van der Waals surface area (Å²) < 4.78 is 15.8. The number of anilines is 2. The van der Waals surface area contributed by atoms with Gasteiger partial charge in [-0.25, -0.2) is 9.37 Å². The second-order valence-corrected chi connectivity index (χ2v) is 6.63. The van der Waals surface area contributed by atoms with Crippen molar-refractivity contribution in [2.24, 2.45) is 0 Å². The van der Waals surface area contributed by atoms with E-state index in [-0.39, 0.29) is 5.69 Å².